The van der Waals surface area contributed by atoms with E-state index in [1.807, 2.05) is 6.92 Å². The SMILES string of the molecule is CCCOc1ccc(C=C(NC(=O)c2ccccc2)C(=O)NN=Cc2ccc([N+](=O)[O-])cc2)cc1. The Bertz CT molecular complexity index is 1220. The second kappa shape index (κ2) is 12.4. The number of nitro benzene ring substituents is 1. The molecule has 0 atom stereocenters. The van der Waals surface area contributed by atoms with Crippen molar-refractivity contribution in [2.24, 2.45) is 5.10 Å². The van der Waals surface area contributed by atoms with Gasteiger partial charge in [0.25, 0.3) is 17.5 Å². The Hall–Kier alpha value is -4.79. The van der Waals surface area contributed by atoms with Crippen molar-refractivity contribution in [3.63, 3.8) is 0 Å². The van der Waals surface area contributed by atoms with Crippen LogP contribution in [0.5, 0.6) is 5.75 Å². The maximum Gasteiger partial charge on any atom is 0.287 e. The second-order valence-corrected chi connectivity index (χ2v) is 7.34. The van der Waals surface area contributed by atoms with Crippen molar-refractivity contribution in [1.29, 1.82) is 0 Å². The van der Waals surface area contributed by atoms with Gasteiger partial charge in [0.05, 0.1) is 17.7 Å². The fourth-order valence-corrected chi connectivity index (χ4v) is 2.90. The van der Waals surface area contributed by atoms with Crippen LogP contribution in [0, 0.1) is 10.1 Å². The number of hydrazone groups is 1. The van der Waals surface area contributed by atoms with Gasteiger partial charge in [-0.2, -0.15) is 5.10 Å². The molecule has 0 bridgehead atoms. The van der Waals surface area contributed by atoms with Gasteiger partial charge in [-0.25, -0.2) is 5.43 Å². The van der Waals surface area contributed by atoms with Crippen LogP contribution in [0.3, 0.4) is 0 Å². The molecule has 0 aliphatic carbocycles. The highest BCUT2D eigenvalue weighted by atomic mass is 16.6. The average Bonchev–Trinajstić information content (AvgIpc) is 2.88. The second-order valence-electron chi connectivity index (χ2n) is 7.34. The van der Waals surface area contributed by atoms with E-state index in [4.69, 9.17) is 4.74 Å². The van der Waals surface area contributed by atoms with E-state index in [0.29, 0.717) is 29.0 Å². The highest BCUT2D eigenvalue weighted by Crippen LogP contribution is 2.15. The fourth-order valence-electron chi connectivity index (χ4n) is 2.90. The maximum atomic E-state index is 12.8. The number of nitro groups is 1. The van der Waals surface area contributed by atoms with Crippen molar-refractivity contribution in [3.8, 4) is 5.75 Å². The van der Waals surface area contributed by atoms with Crippen LogP contribution < -0.4 is 15.5 Å². The molecule has 0 unspecified atom stereocenters. The molecule has 0 saturated heterocycles. The van der Waals surface area contributed by atoms with E-state index in [0.717, 1.165) is 6.42 Å². The van der Waals surface area contributed by atoms with Crippen LogP contribution in [0.1, 0.15) is 34.8 Å². The molecule has 9 heteroatoms. The summed E-state index contributed by atoms with van der Waals surface area (Å²) in [5, 5.41) is 17.3. The van der Waals surface area contributed by atoms with Gasteiger partial charge in [-0.1, -0.05) is 37.3 Å². The molecule has 0 aliphatic heterocycles. The normalized spacial score (nSPS) is 11.2. The van der Waals surface area contributed by atoms with Gasteiger partial charge < -0.3 is 10.1 Å². The maximum absolute atomic E-state index is 12.8. The lowest BCUT2D eigenvalue weighted by atomic mass is 10.1. The summed E-state index contributed by atoms with van der Waals surface area (Å²) in [7, 11) is 0. The molecule has 35 heavy (non-hydrogen) atoms. The summed E-state index contributed by atoms with van der Waals surface area (Å²) in [5.41, 5.74) is 3.93. The molecule has 9 nitrogen and oxygen atoms in total. The van der Waals surface area contributed by atoms with Crippen LogP contribution in [0.4, 0.5) is 5.69 Å². The molecule has 0 aliphatic rings. The molecule has 0 heterocycles. The molecule has 178 valence electrons. The summed E-state index contributed by atoms with van der Waals surface area (Å²) < 4.78 is 5.57. The van der Waals surface area contributed by atoms with Gasteiger partial charge in [-0.15, -0.1) is 0 Å². The van der Waals surface area contributed by atoms with Crippen molar-refractivity contribution in [2.75, 3.05) is 6.61 Å². The smallest absolute Gasteiger partial charge is 0.287 e. The van der Waals surface area contributed by atoms with Crippen LogP contribution in [0.15, 0.2) is 89.7 Å². The largest absolute Gasteiger partial charge is 0.494 e. The molecule has 3 aromatic carbocycles. The average molecular weight is 473 g/mol. The van der Waals surface area contributed by atoms with Gasteiger partial charge in [0.1, 0.15) is 11.4 Å². The molecule has 3 rings (SSSR count). The van der Waals surface area contributed by atoms with Crippen molar-refractivity contribution in [2.45, 2.75) is 13.3 Å². The topological polar surface area (TPSA) is 123 Å². The molecule has 0 spiro atoms. The minimum Gasteiger partial charge on any atom is -0.494 e. The summed E-state index contributed by atoms with van der Waals surface area (Å²) in [6.45, 7) is 2.62. The lowest BCUT2D eigenvalue weighted by Gasteiger charge is -2.10. The standard InChI is InChI=1S/C26H24N4O5/c1-2-16-35-23-14-10-19(11-15-23)17-24(28-25(31)21-6-4-3-5-7-21)26(32)29-27-18-20-8-12-22(13-9-20)30(33)34/h3-15,17-18H,2,16H2,1H3,(H,28,31)(H,29,32). The molecule has 0 saturated carbocycles. The third-order valence-electron chi connectivity index (χ3n) is 4.68. The number of benzene rings is 3. The van der Waals surface area contributed by atoms with Gasteiger partial charge in [0.2, 0.25) is 0 Å². The number of nitrogens with one attached hydrogen (secondary N) is 2. The van der Waals surface area contributed by atoms with Gasteiger partial charge in [0, 0.05) is 17.7 Å². The van der Waals surface area contributed by atoms with E-state index in [1.165, 1.54) is 36.6 Å². The van der Waals surface area contributed by atoms with E-state index in [1.54, 1.807) is 54.6 Å². The zero-order valence-electron chi connectivity index (χ0n) is 19.0. The fraction of sp³-hybridized carbons (Fsp3) is 0.115. The first-order valence-electron chi connectivity index (χ1n) is 10.8. The molecule has 2 N–H and O–H groups in total. The van der Waals surface area contributed by atoms with Crippen molar-refractivity contribution in [1.82, 2.24) is 10.7 Å². The summed E-state index contributed by atoms with van der Waals surface area (Å²) >= 11 is 0. The highest BCUT2D eigenvalue weighted by Gasteiger charge is 2.14. The van der Waals surface area contributed by atoms with E-state index in [-0.39, 0.29) is 11.4 Å². The monoisotopic (exact) mass is 472 g/mol. The summed E-state index contributed by atoms with van der Waals surface area (Å²) in [6, 6.07) is 21.3. The molecular weight excluding hydrogens is 448 g/mol. The summed E-state index contributed by atoms with van der Waals surface area (Å²) in [5.74, 6) is -0.385. The molecule has 0 radical (unpaired) electrons. The lowest BCUT2D eigenvalue weighted by Crippen LogP contribution is -2.32. The zero-order chi connectivity index (χ0) is 25.0. The number of hydrogen-bond donors (Lipinski definition) is 2. The predicted molar refractivity (Wildman–Crippen MR) is 133 cm³/mol. The number of carbonyl (C=O) groups excluding carboxylic acids is 2. The Labute approximate surface area is 202 Å². The van der Waals surface area contributed by atoms with Crippen LogP contribution in [-0.4, -0.2) is 29.6 Å². The van der Waals surface area contributed by atoms with Gasteiger partial charge in [0.15, 0.2) is 0 Å². The molecule has 3 aromatic rings. The van der Waals surface area contributed by atoms with Gasteiger partial charge in [-0.3, -0.25) is 19.7 Å². The number of amides is 2. The van der Waals surface area contributed by atoms with Gasteiger partial charge in [-0.05, 0) is 60.0 Å². The summed E-state index contributed by atoms with van der Waals surface area (Å²) in [6.07, 6.45) is 3.76. The Morgan fingerprint density at radius 1 is 0.971 bits per heavy atom. The number of ether oxygens (including phenoxy) is 1. The van der Waals surface area contributed by atoms with Crippen LogP contribution >= 0.6 is 0 Å². The molecular formula is C26H24N4O5. The minimum atomic E-state index is -0.640. The van der Waals surface area contributed by atoms with E-state index in [2.05, 4.69) is 15.8 Å². The number of non-ortho nitro benzene ring substituents is 1. The number of carbonyl (C=O) groups is 2. The highest BCUT2D eigenvalue weighted by molar-refractivity contribution is 6.05. The number of hydrogen-bond acceptors (Lipinski definition) is 6. The molecule has 2 amide bonds. The first-order valence-corrected chi connectivity index (χ1v) is 10.8. The van der Waals surface area contributed by atoms with Crippen molar-refractivity contribution in [3.05, 3.63) is 111 Å². The Morgan fingerprint density at radius 2 is 1.63 bits per heavy atom. The van der Waals surface area contributed by atoms with E-state index >= 15 is 0 Å². The van der Waals surface area contributed by atoms with Crippen LogP contribution in [0.2, 0.25) is 0 Å². The number of nitrogens with zero attached hydrogens (tertiary/aromatic N) is 2. The summed E-state index contributed by atoms with van der Waals surface area (Å²) in [4.78, 5) is 35.8. The molecule has 0 aromatic heterocycles. The lowest BCUT2D eigenvalue weighted by molar-refractivity contribution is -0.384. The Morgan fingerprint density at radius 3 is 2.26 bits per heavy atom. The van der Waals surface area contributed by atoms with Crippen molar-refractivity contribution < 1.29 is 19.2 Å². The van der Waals surface area contributed by atoms with E-state index < -0.39 is 16.7 Å². The third kappa shape index (κ3) is 7.64. The third-order valence-corrected chi connectivity index (χ3v) is 4.68. The molecule has 0 fully saturated rings. The van der Waals surface area contributed by atoms with Crippen LogP contribution in [0.25, 0.3) is 6.08 Å². The zero-order valence-corrected chi connectivity index (χ0v) is 19.0. The van der Waals surface area contributed by atoms with E-state index in [9.17, 15) is 19.7 Å². The van der Waals surface area contributed by atoms with Crippen molar-refractivity contribution >= 4 is 29.8 Å². The first-order chi connectivity index (χ1) is 17.0. The van der Waals surface area contributed by atoms with Crippen LogP contribution in [-0.2, 0) is 4.79 Å². The Balaban J connectivity index is 1.77. The Kier molecular flexibility index (Phi) is 8.84. The predicted octanol–water partition coefficient (Wildman–Crippen LogP) is 4.30. The van der Waals surface area contributed by atoms with Gasteiger partial charge >= 0.3 is 0 Å². The minimum absolute atomic E-state index is 0.0121. The number of rotatable bonds is 10. The first kappa shape index (κ1) is 24.8. The quantitative estimate of drug-likeness (QED) is 0.197.